The van der Waals surface area contributed by atoms with E-state index in [-0.39, 0.29) is 10.6 Å². The SMILES string of the molecule is CCC(NC)C(C)c1ccc([N+](=O)[O-])c(C)c1. The molecule has 2 unspecified atom stereocenters. The second kappa shape index (κ2) is 5.77. The normalized spacial score (nSPS) is 14.4. The van der Waals surface area contributed by atoms with Crippen LogP contribution in [0.4, 0.5) is 5.69 Å². The lowest BCUT2D eigenvalue weighted by molar-refractivity contribution is -0.385. The monoisotopic (exact) mass is 236 g/mol. The van der Waals surface area contributed by atoms with E-state index in [1.54, 1.807) is 13.0 Å². The molecule has 94 valence electrons. The zero-order valence-electron chi connectivity index (χ0n) is 10.9. The van der Waals surface area contributed by atoms with Crippen molar-refractivity contribution < 1.29 is 4.92 Å². The summed E-state index contributed by atoms with van der Waals surface area (Å²) >= 11 is 0. The molecule has 0 radical (unpaired) electrons. The summed E-state index contributed by atoms with van der Waals surface area (Å²) in [5, 5.41) is 14.0. The van der Waals surface area contributed by atoms with E-state index in [9.17, 15) is 10.1 Å². The molecule has 17 heavy (non-hydrogen) atoms. The quantitative estimate of drug-likeness (QED) is 0.631. The molecule has 0 fully saturated rings. The number of nitrogens with zero attached hydrogens (tertiary/aromatic N) is 1. The van der Waals surface area contributed by atoms with E-state index in [1.807, 2.05) is 19.2 Å². The molecule has 4 heteroatoms. The Hall–Kier alpha value is -1.42. The first-order chi connectivity index (χ1) is 8.01. The van der Waals surface area contributed by atoms with Crippen molar-refractivity contribution in [3.8, 4) is 0 Å². The molecule has 2 atom stereocenters. The van der Waals surface area contributed by atoms with Gasteiger partial charge in [-0.2, -0.15) is 0 Å². The Labute approximate surface area is 102 Å². The minimum absolute atomic E-state index is 0.193. The summed E-state index contributed by atoms with van der Waals surface area (Å²) in [5.41, 5.74) is 2.07. The topological polar surface area (TPSA) is 55.2 Å². The van der Waals surface area contributed by atoms with Gasteiger partial charge in [0.15, 0.2) is 0 Å². The minimum atomic E-state index is -0.334. The molecule has 0 saturated carbocycles. The van der Waals surface area contributed by atoms with E-state index < -0.39 is 0 Å². The zero-order chi connectivity index (χ0) is 13.0. The van der Waals surface area contributed by atoms with Crippen molar-refractivity contribution >= 4 is 5.69 Å². The van der Waals surface area contributed by atoms with Crippen molar-refractivity contribution in [2.75, 3.05) is 7.05 Å². The lowest BCUT2D eigenvalue weighted by atomic mass is 9.90. The number of hydrogen-bond acceptors (Lipinski definition) is 3. The summed E-state index contributed by atoms with van der Waals surface area (Å²) in [6.07, 6.45) is 1.04. The molecule has 0 aliphatic carbocycles. The maximum atomic E-state index is 10.7. The molecule has 4 nitrogen and oxygen atoms in total. The van der Waals surface area contributed by atoms with Gasteiger partial charge in [-0.3, -0.25) is 10.1 Å². The first-order valence-electron chi connectivity index (χ1n) is 5.93. The molecule has 1 aromatic carbocycles. The van der Waals surface area contributed by atoms with Gasteiger partial charge in [0.2, 0.25) is 0 Å². The summed E-state index contributed by atoms with van der Waals surface area (Å²) in [4.78, 5) is 10.4. The van der Waals surface area contributed by atoms with Gasteiger partial charge in [0.25, 0.3) is 5.69 Å². The fraction of sp³-hybridized carbons (Fsp3) is 0.538. The highest BCUT2D eigenvalue weighted by atomic mass is 16.6. The molecule has 0 amide bonds. The largest absolute Gasteiger partial charge is 0.316 e. The zero-order valence-corrected chi connectivity index (χ0v) is 10.9. The minimum Gasteiger partial charge on any atom is -0.316 e. The third-order valence-electron chi connectivity index (χ3n) is 3.36. The maximum Gasteiger partial charge on any atom is 0.272 e. The molecular weight excluding hydrogens is 216 g/mol. The van der Waals surface area contributed by atoms with Crippen molar-refractivity contribution in [1.29, 1.82) is 0 Å². The van der Waals surface area contributed by atoms with Gasteiger partial charge in [0.1, 0.15) is 0 Å². The summed E-state index contributed by atoms with van der Waals surface area (Å²) in [5.74, 6) is 0.351. The Morgan fingerprint density at radius 2 is 2.12 bits per heavy atom. The number of hydrogen-bond donors (Lipinski definition) is 1. The smallest absolute Gasteiger partial charge is 0.272 e. The van der Waals surface area contributed by atoms with Crippen LogP contribution in [0, 0.1) is 17.0 Å². The van der Waals surface area contributed by atoms with E-state index in [4.69, 9.17) is 0 Å². The summed E-state index contributed by atoms with van der Waals surface area (Å²) in [6.45, 7) is 6.07. The van der Waals surface area contributed by atoms with Crippen molar-refractivity contribution in [2.24, 2.45) is 0 Å². The van der Waals surface area contributed by atoms with E-state index in [0.717, 1.165) is 17.5 Å². The fourth-order valence-electron chi connectivity index (χ4n) is 2.21. The van der Waals surface area contributed by atoms with Crippen LogP contribution in [0.15, 0.2) is 18.2 Å². The first-order valence-corrected chi connectivity index (χ1v) is 5.93. The molecule has 0 saturated heterocycles. The van der Waals surface area contributed by atoms with Gasteiger partial charge >= 0.3 is 0 Å². The van der Waals surface area contributed by atoms with Gasteiger partial charge in [-0.05, 0) is 37.9 Å². The highest BCUT2D eigenvalue weighted by Gasteiger charge is 2.18. The van der Waals surface area contributed by atoms with Gasteiger partial charge < -0.3 is 5.32 Å². The van der Waals surface area contributed by atoms with Crippen LogP contribution in [0.1, 0.15) is 37.3 Å². The number of likely N-dealkylation sites (N-methyl/N-ethyl adjacent to an activating group) is 1. The van der Waals surface area contributed by atoms with E-state index in [1.165, 1.54) is 0 Å². The standard InChI is InChI=1S/C13H20N2O2/c1-5-12(14-4)10(3)11-6-7-13(15(16)17)9(2)8-11/h6-8,10,12,14H,5H2,1-4H3. The predicted molar refractivity (Wildman–Crippen MR) is 69.4 cm³/mol. The molecule has 0 aliphatic rings. The Morgan fingerprint density at radius 3 is 2.53 bits per heavy atom. The van der Waals surface area contributed by atoms with Crippen LogP contribution in [0.25, 0.3) is 0 Å². The van der Waals surface area contributed by atoms with Crippen LogP contribution in [0.3, 0.4) is 0 Å². The van der Waals surface area contributed by atoms with Gasteiger partial charge in [0.05, 0.1) is 4.92 Å². The molecule has 0 aromatic heterocycles. The number of nitrogens with one attached hydrogen (secondary N) is 1. The molecule has 0 heterocycles. The predicted octanol–water partition coefficient (Wildman–Crippen LogP) is 3.00. The van der Waals surface area contributed by atoms with Crippen molar-refractivity contribution in [3.63, 3.8) is 0 Å². The average molecular weight is 236 g/mol. The van der Waals surface area contributed by atoms with E-state index in [0.29, 0.717) is 12.0 Å². The molecule has 1 N–H and O–H groups in total. The van der Waals surface area contributed by atoms with Gasteiger partial charge in [0, 0.05) is 17.7 Å². The average Bonchev–Trinajstić information content (AvgIpc) is 2.29. The van der Waals surface area contributed by atoms with Crippen LogP contribution >= 0.6 is 0 Å². The number of nitro benzene ring substituents is 1. The molecular formula is C13H20N2O2. The van der Waals surface area contributed by atoms with Crippen molar-refractivity contribution in [3.05, 3.63) is 39.4 Å². The van der Waals surface area contributed by atoms with E-state index in [2.05, 4.69) is 19.2 Å². The number of nitro groups is 1. The number of benzene rings is 1. The lowest BCUT2D eigenvalue weighted by Crippen LogP contribution is -2.29. The summed E-state index contributed by atoms with van der Waals surface area (Å²) < 4.78 is 0. The van der Waals surface area contributed by atoms with Crippen molar-refractivity contribution in [2.45, 2.75) is 39.2 Å². The van der Waals surface area contributed by atoms with Gasteiger partial charge in [-0.1, -0.05) is 19.9 Å². The van der Waals surface area contributed by atoms with Crippen LogP contribution in [0.5, 0.6) is 0 Å². The molecule has 1 rings (SSSR count). The molecule has 0 aliphatic heterocycles. The van der Waals surface area contributed by atoms with Crippen LogP contribution in [0.2, 0.25) is 0 Å². The Morgan fingerprint density at radius 1 is 1.47 bits per heavy atom. The van der Waals surface area contributed by atoms with Crippen LogP contribution in [-0.2, 0) is 0 Å². The second-order valence-electron chi connectivity index (χ2n) is 4.40. The number of rotatable bonds is 5. The fourth-order valence-corrected chi connectivity index (χ4v) is 2.21. The second-order valence-corrected chi connectivity index (χ2v) is 4.40. The molecule has 0 spiro atoms. The third kappa shape index (κ3) is 3.03. The van der Waals surface area contributed by atoms with E-state index >= 15 is 0 Å². The molecule has 1 aromatic rings. The third-order valence-corrected chi connectivity index (χ3v) is 3.36. The first kappa shape index (κ1) is 13.6. The van der Waals surface area contributed by atoms with Gasteiger partial charge in [-0.25, -0.2) is 0 Å². The van der Waals surface area contributed by atoms with Gasteiger partial charge in [-0.15, -0.1) is 0 Å². The highest BCUT2D eigenvalue weighted by molar-refractivity contribution is 5.43. The lowest BCUT2D eigenvalue weighted by Gasteiger charge is -2.22. The Bertz CT molecular complexity index is 400. The number of aryl methyl sites for hydroxylation is 1. The van der Waals surface area contributed by atoms with Crippen molar-refractivity contribution in [1.82, 2.24) is 5.32 Å². The molecule has 0 bridgehead atoms. The van der Waals surface area contributed by atoms with Crippen LogP contribution in [-0.4, -0.2) is 18.0 Å². The summed E-state index contributed by atoms with van der Waals surface area (Å²) in [6, 6.07) is 5.78. The summed E-state index contributed by atoms with van der Waals surface area (Å²) in [7, 11) is 1.95. The Kier molecular flexibility index (Phi) is 4.63. The Balaban J connectivity index is 3.00. The maximum absolute atomic E-state index is 10.7. The van der Waals surface area contributed by atoms with Crippen LogP contribution < -0.4 is 5.32 Å². The highest BCUT2D eigenvalue weighted by Crippen LogP contribution is 2.26.